The Morgan fingerprint density at radius 3 is 2.69 bits per heavy atom. The number of pyridine rings is 2. The summed E-state index contributed by atoms with van der Waals surface area (Å²) in [6.07, 6.45) is 3.50. The zero-order chi connectivity index (χ0) is 24.5. The molecule has 0 spiro atoms. The highest BCUT2D eigenvalue weighted by atomic mass is 16.5. The predicted molar refractivity (Wildman–Crippen MR) is 137 cm³/mol. The molecule has 3 aromatic heterocycles. The predicted octanol–water partition coefficient (Wildman–Crippen LogP) is 5.21. The number of methoxy groups -OCH3 is 1. The molecule has 0 bridgehead atoms. The van der Waals surface area contributed by atoms with Gasteiger partial charge < -0.3 is 24.7 Å². The minimum atomic E-state index is -0.0607. The van der Waals surface area contributed by atoms with Gasteiger partial charge in [0.2, 0.25) is 11.8 Å². The summed E-state index contributed by atoms with van der Waals surface area (Å²) in [5.74, 6) is 2.47. The number of hydrogen-bond donors (Lipinski definition) is 2. The lowest BCUT2D eigenvalue weighted by Crippen LogP contribution is -2.22. The van der Waals surface area contributed by atoms with Crippen molar-refractivity contribution in [1.29, 1.82) is 0 Å². The van der Waals surface area contributed by atoms with Crippen molar-refractivity contribution in [2.45, 2.75) is 6.92 Å². The molecule has 5 rings (SSSR count). The van der Waals surface area contributed by atoms with Crippen LogP contribution in [0.2, 0.25) is 0 Å². The molecule has 0 saturated heterocycles. The van der Waals surface area contributed by atoms with Crippen molar-refractivity contribution in [3.8, 4) is 17.2 Å². The van der Waals surface area contributed by atoms with Crippen LogP contribution in [-0.4, -0.2) is 42.1 Å². The molecule has 0 aliphatic carbocycles. The van der Waals surface area contributed by atoms with E-state index in [4.69, 9.17) is 14.1 Å². The second kappa shape index (κ2) is 8.94. The van der Waals surface area contributed by atoms with Crippen LogP contribution in [-0.2, 0) is 4.79 Å². The summed E-state index contributed by atoms with van der Waals surface area (Å²) in [7, 11) is 5.17. The van der Waals surface area contributed by atoms with E-state index in [0.29, 0.717) is 28.6 Å². The second-order valence-corrected chi connectivity index (χ2v) is 7.99. The maximum Gasteiger partial charge on any atom is 0.229 e. The minimum Gasteiger partial charge on any atom is -0.497 e. The molecule has 35 heavy (non-hydrogen) atoms. The molecular formula is C26H24N6O3. The van der Waals surface area contributed by atoms with Crippen molar-refractivity contribution in [3.63, 3.8) is 0 Å². The molecule has 2 aromatic carbocycles. The van der Waals surface area contributed by atoms with Crippen LogP contribution in [0.5, 0.6) is 5.75 Å². The van der Waals surface area contributed by atoms with Gasteiger partial charge in [0.1, 0.15) is 22.9 Å². The Labute approximate surface area is 201 Å². The summed E-state index contributed by atoms with van der Waals surface area (Å²) < 4.78 is 11.4. The number of nitrogens with zero attached hydrogens (tertiary/aromatic N) is 4. The van der Waals surface area contributed by atoms with Crippen LogP contribution in [0.25, 0.3) is 33.3 Å². The number of oxazole rings is 1. The Morgan fingerprint density at radius 2 is 1.91 bits per heavy atom. The van der Waals surface area contributed by atoms with Gasteiger partial charge in [-0.05, 0) is 36.4 Å². The van der Waals surface area contributed by atoms with Gasteiger partial charge in [0.25, 0.3) is 0 Å². The quantitative estimate of drug-likeness (QED) is 0.350. The Hall–Kier alpha value is -4.66. The van der Waals surface area contributed by atoms with Crippen LogP contribution in [0.15, 0.2) is 65.3 Å². The van der Waals surface area contributed by atoms with Gasteiger partial charge in [-0.2, -0.15) is 0 Å². The van der Waals surface area contributed by atoms with Crippen molar-refractivity contribution in [1.82, 2.24) is 15.0 Å². The normalized spacial score (nSPS) is 11.0. The van der Waals surface area contributed by atoms with Gasteiger partial charge in [0.15, 0.2) is 5.58 Å². The number of hydrogen-bond acceptors (Lipinski definition) is 8. The molecule has 9 nitrogen and oxygen atoms in total. The van der Waals surface area contributed by atoms with Gasteiger partial charge in [0, 0.05) is 61.6 Å². The Bertz CT molecular complexity index is 1560. The van der Waals surface area contributed by atoms with E-state index in [1.165, 1.54) is 6.92 Å². The van der Waals surface area contributed by atoms with Crippen LogP contribution in [0, 0.1) is 0 Å². The number of anilines is 4. The average molecular weight is 469 g/mol. The highest BCUT2D eigenvalue weighted by Gasteiger charge is 2.17. The summed E-state index contributed by atoms with van der Waals surface area (Å²) in [5, 5.41) is 8.14. The van der Waals surface area contributed by atoms with Crippen LogP contribution in [0.1, 0.15) is 6.92 Å². The van der Waals surface area contributed by atoms with E-state index in [0.717, 1.165) is 33.5 Å². The number of nitrogens with one attached hydrogen (secondary N) is 2. The van der Waals surface area contributed by atoms with Crippen LogP contribution >= 0.6 is 0 Å². The van der Waals surface area contributed by atoms with E-state index >= 15 is 0 Å². The van der Waals surface area contributed by atoms with Gasteiger partial charge in [-0.3, -0.25) is 4.79 Å². The monoisotopic (exact) mass is 468 g/mol. The Morgan fingerprint density at radius 1 is 1.06 bits per heavy atom. The van der Waals surface area contributed by atoms with E-state index in [9.17, 15) is 4.79 Å². The molecule has 5 aromatic rings. The molecule has 1 amide bonds. The van der Waals surface area contributed by atoms with Crippen molar-refractivity contribution < 1.29 is 13.9 Å². The number of amides is 1. The molecule has 0 unspecified atom stereocenters. The van der Waals surface area contributed by atoms with E-state index in [2.05, 4.69) is 20.6 Å². The molecule has 2 N–H and O–H groups in total. The SMILES string of the molecule is CNc1ncc(-c2nc3cc(N(C)C(C)=O)ccc3o2)c2cc(Nc3cccc(OC)c3)ncc12. The van der Waals surface area contributed by atoms with Crippen LogP contribution in [0.4, 0.5) is 23.0 Å². The van der Waals surface area contributed by atoms with Gasteiger partial charge >= 0.3 is 0 Å². The Kier molecular flexibility index (Phi) is 5.66. The van der Waals surface area contributed by atoms with Crippen molar-refractivity contribution >= 4 is 50.8 Å². The van der Waals surface area contributed by atoms with Crippen LogP contribution in [0.3, 0.4) is 0 Å². The molecule has 0 aliphatic rings. The first-order chi connectivity index (χ1) is 17.0. The summed E-state index contributed by atoms with van der Waals surface area (Å²) in [6, 6.07) is 15.1. The third-order valence-electron chi connectivity index (χ3n) is 5.81. The fourth-order valence-corrected chi connectivity index (χ4v) is 3.84. The lowest BCUT2D eigenvalue weighted by atomic mass is 10.1. The first kappa shape index (κ1) is 22.1. The number of fused-ring (bicyclic) bond motifs is 2. The topological polar surface area (TPSA) is 105 Å². The number of rotatable bonds is 6. The summed E-state index contributed by atoms with van der Waals surface area (Å²) in [4.78, 5) is 27.1. The standard InChI is InChI=1S/C26H24N6O3/c1-15(33)32(3)17-8-9-23-22(11-17)31-26(35-23)21-14-29-25(27-2)20-13-28-24(12-19(20)21)30-16-6-5-7-18(10-16)34-4/h5-14H,1-4H3,(H,27,29)(H,28,30). The van der Waals surface area contributed by atoms with E-state index < -0.39 is 0 Å². The van der Waals surface area contributed by atoms with Crippen molar-refractivity contribution in [3.05, 3.63) is 60.9 Å². The van der Waals surface area contributed by atoms with Crippen molar-refractivity contribution in [2.75, 3.05) is 36.7 Å². The maximum absolute atomic E-state index is 11.8. The maximum atomic E-state index is 11.8. The molecule has 0 fully saturated rings. The number of carbonyl (C=O) groups excluding carboxylic acids is 1. The molecular weight excluding hydrogens is 444 g/mol. The molecule has 9 heteroatoms. The van der Waals surface area contributed by atoms with Gasteiger partial charge in [-0.1, -0.05) is 6.07 Å². The average Bonchev–Trinajstić information content (AvgIpc) is 3.30. The first-order valence-corrected chi connectivity index (χ1v) is 11.0. The lowest BCUT2D eigenvalue weighted by molar-refractivity contribution is -0.116. The Balaban J connectivity index is 1.60. The van der Waals surface area contributed by atoms with E-state index in [1.807, 2.05) is 55.6 Å². The number of aromatic nitrogens is 3. The molecule has 0 aliphatic heterocycles. The summed E-state index contributed by atoms with van der Waals surface area (Å²) in [6.45, 7) is 1.52. The molecule has 0 radical (unpaired) electrons. The van der Waals surface area contributed by atoms with Gasteiger partial charge in [-0.25, -0.2) is 15.0 Å². The van der Waals surface area contributed by atoms with Crippen LogP contribution < -0.4 is 20.3 Å². The lowest BCUT2D eigenvalue weighted by Gasteiger charge is -2.14. The van der Waals surface area contributed by atoms with Gasteiger partial charge in [-0.15, -0.1) is 0 Å². The fourth-order valence-electron chi connectivity index (χ4n) is 3.84. The highest BCUT2D eigenvalue weighted by molar-refractivity contribution is 6.02. The minimum absolute atomic E-state index is 0.0607. The molecule has 3 heterocycles. The third-order valence-corrected chi connectivity index (χ3v) is 5.81. The number of carbonyl (C=O) groups is 1. The zero-order valence-corrected chi connectivity index (χ0v) is 19.8. The summed E-state index contributed by atoms with van der Waals surface area (Å²) >= 11 is 0. The van der Waals surface area contributed by atoms with Gasteiger partial charge in [0.05, 0.1) is 12.7 Å². The van der Waals surface area contributed by atoms with E-state index in [1.54, 1.807) is 31.5 Å². The molecule has 0 saturated carbocycles. The number of benzene rings is 2. The summed E-state index contributed by atoms with van der Waals surface area (Å²) in [5.41, 5.74) is 3.60. The zero-order valence-electron chi connectivity index (χ0n) is 19.8. The molecule has 176 valence electrons. The third kappa shape index (κ3) is 4.19. The molecule has 0 atom stereocenters. The fraction of sp³-hybridized carbons (Fsp3) is 0.154. The number of ether oxygens (including phenoxy) is 1. The largest absolute Gasteiger partial charge is 0.497 e. The van der Waals surface area contributed by atoms with E-state index in [-0.39, 0.29) is 5.91 Å². The van der Waals surface area contributed by atoms with Crippen molar-refractivity contribution in [2.24, 2.45) is 0 Å². The first-order valence-electron chi connectivity index (χ1n) is 11.0. The smallest absolute Gasteiger partial charge is 0.229 e. The second-order valence-electron chi connectivity index (χ2n) is 7.99. The highest BCUT2D eigenvalue weighted by Crippen LogP contribution is 2.35.